The third-order valence-corrected chi connectivity index (χ3v) is 1.28. The number of rotatable bonds is 3. The van der Waals surface area contributed by atoms with E-state index in [4.69, 9.17) is 5.73 Å². The first kappa shape index (κ1) is 7.96. The molecule has 0 amide bonds. The van der Waals surface area contributed by atoms with Crippen LogP contribution >= 0.6 is 0 Å². The van der Waals surface area contributed by atoms with Crippen LogP contribution in [0.2, 0.25) is 0 Å². The normalized spacial score (nSPS) is 14.6. The number of nitrogens with two attached hydrogens (primary N) is 1. The van der Waals surface area contributed by atoms with Gasteiger partial charge in [0.1, 0.15) is 0 Å². The summed E-state index contributed by atoms with van der Waals surface area (Å²) < 4.78 is 0. The minimum absolute atomic E-state index is 0.704. The molecule has 0 aromatic carbocycles. The van der Waals surface area contributed by atoms with Crippen molar-refractivity contribution in [2.75, 3.05) is 6.54 Å². The Labute approximate surface area is 52.3 Å². The lowest BCUT2D eigenvalue weighted by molar-refractivity contribution is 0.447. The first-order chi connectivity index (χ1) is 3.66. The molecule has 0 spiro atoms. The number of hydrogen-bond donors (Lipinski definition) is 1. The molecule has 0 rings (SSSR count). The molecule has 1 unspecified atom stereocenters. The molecule has 0 aromatic rings. The van der Waals surface area contributed by atoms with Gasteiger partial charge in [-0.15, -0.1) is 0 Å². The fourth-order valence-corrected chi connectivity index (χ4v) is 0.901. The molecule has 0 radical (unpaired) electrons. The van der Waals surface area contributed by atoms with Gasteiger partial charge in [0, 0.05) is 0 Å². The predicted octanol–water partition coefficient (Wildman–Crippen LogP) is 1.63. The van der Waals surface area contributed by atoms with Crippen LogP contribution in [0.25, 0.3) is 0 Å². The molecular formula is C7H17N. The standard InChI is InChI=1S/C7H17N/c1-6(2)4-7(3)5-8/h6-7H,4-5,8H2,1-3H3. The summed E-state index contributed by atoms with van der Waals surface area (Å²) in [4.78, 5) is 0. The van der Waals surface area contributed by atoms with Crippen molar-refractivity contribution in [2.45, 2.75) is 27.2 Å². The van der Waals surface area contributed by atoms with E-state index in [2.05, 4.69) is 20.8 Å². The van der Waals surface area contributed by atoms with Crippen LogP contribution in [0, 0.1) is 11.8 Å². The molecule has 50 valence electrons. The highest BCUT2D eigenvalue weighted by atomic mass is 14.5. The molecule has 0 aliphatic rings. The fraction of sp³-hybridized carbons (Fsp3) is 1.00. The average Bonchev–Trinajstić information content (AvgIpc) is 1.65. The maximum atomic E-state index is 5.42. The second kappa shape index (κ2) is 3.90. The molecule has 1 atom stereocenters. The molecule has 0 saturated heterocycles. The van der Waals surface area contributed by atoms with Crippen molar-refractivity contribution < 1.29 is 0 Å². The summed E-state index contributed by atoms with van der Waals surface area (Å²) in [6, 6.07) is 0. The summed E-state index contributed by atoms with van der Waals surface area (Å²) >= 11 is 0. The molecule has 1 heteroatoms. The SMILES string of the molecule is CC(C)CC(C)CN. The van der Waals surface area contributed by atoms with Crippen LogP contribution in [-0.2, 0) is 0 Å². The summed E-state index contributed by atoms with van der Waals surface area (Å²) in [5.74, 6) is 1.50. The lowest BCUT2D eigenvalue weighted by atomic mass is 9.99. The van der Waals surface area contributed by atoms with E-state index in [1.54, 1.807) is 0 Å². The number of hydrogen-bond acceptors (Lipinski definition) is 1. The fourth-order valence-electron chi connectivity index (χ4n) is 0.901. The summed E-state index contributed by atoms with van der Waals surface area (Å²) in [6.07, 6.45) is 1.26. The molecule has 1 nitrogen and oxygen atoms in total. The van der Waals surface area contributed by atoms with Gasteiger partial charge in [0.2, 0.25) is 0 Å². The van der Waals surface area contributed by atoms with E-state index in [-0.39, 0.29) is 0 Å². The van der Waals surface area contributed by atoms with Crippen molar-refractivity contribution in [3.63, 3.8) is 0 Å². The molecule has 0 saturated carbocycles. The highest BCUT2D eigenvalue weighted by Crippen LogP contribution is 2.08. The van der Waals surface area contributed by atoms with Gasteiger partial charge in [-0.25, -0.2) is 0 Å². The molecule has 0 aliphatic carbocycles. The van der Waals surface area contributed by atoms with Gasteiger partial charge < -0.3 is 5.73 Å². The van der Waals surface area contributed by atoms with Crippen molar-refractivity contribution in [1.29, 1.82) is 0 Å². The predicted molar refractivity (Wildman–Crippen MR) is 37.7 cm³/mol. The Morgan fingerprint density at radius 3 is 1.88 bits per heavy atom. The van der Waals surface area contributed by atoms with E-state index in [0.717, 1.165) is 12.5 Å². The monoisotopic (exact) mass is 115 g/mol. The Morgan fingerprint density at radius 1 is 1.25 bits per heavy atom. The summed E-state index contributed by atoms with van der Waals surface area (Å²) in [5.41, 5.74) is 5.42. The van der Waals surface area contributed by atoms with Crippen LogP contribution < -0.4 is 5.73 Å². The highest BCUT2D eigenvalue weighted by Gasteiger charge is 2.00. The zero-order chi connectivity index (χ0) is 6.57. The Bertz CT molecular complexity index is 50.3. The van der Waals surface area contributed by atoms with Gasteiger partial charge >= 0.3 is 0 Å². The first-order valence-electron chi connectivity index (χ1n) is 3.37. The van der Waals surface area contributed by atoms with E-state index in [0.29, 0.717) is 5.92 Å². The summed E-state index contributed by atoms with van der Waals surface area (Å²) in [7, 11) is 0. The molecule has 0 heterocycles. The Morgan fingerprint density at radius 2 is 1.75 bits per heavy atom. The molecule has 0 aromatic heterocycles. The van der Waals surface area contributed by atoms with Gasteiger partial charge in [-0.3, -0.25) is 0 Å². The van der Waals surface area contributed by atoms with Gasteiger partial charge in [-0.1, -0.05) is 20.8 Å². The van der Waals surface area contributed by atoms with Gasteiger partial charge in [0.25, 0.3) is 0 Å². The zero-order valence-corrected chi connectivity index (χ0v) is 6.15. The lowest BCUT2D eigenvalue weighted by Crippen LogP contribution is -2.12. The first-order valence-corrected chi connectivity index (χ1v) is 3.37. The van der Waals surface area contributed by atoms with Crippen molar-refractivity contribution in [3.8, 4) is 0 Å². The van der Waals surface area contributed by atoms with Crippen LogP contribution in [0.3, 0.4) is 0 Å². The topological polar surface area (TPSA) is 26.0 Å². The molecule has 0 bridgehead atoms. The third-order valence-electron chi connectivity index (χ3n) is 1.28. The summed E-state index contributed by atoms with van der Waals surface area (Å²) in [6.45, 7) is 7.48. The van der Waals surface area contributed by atoms with Crippen LogP contribution in [-0.4, -0.2) is 6.54 Å². The lowest BCUT2D eigenvalue weighted by Gasteiger charge is -2.09. The second-order valence-corrected chi connectivity index (χ2v) is 2.97. The van der Waals surface area contributed by atoms with E-state index >= 15 is 0 Å². The van der Waals surface area contributed by atoms with Crippen molar-refractivity contribution in [2.24, 2.45) is 17.6 Å². The van der Waals surface area contributed by atoms with Crippen molar-refractivity contribution in [3.05, 3.63) is 0 Å². The van der Waals surface area contributed by atoms with Gasteiger partial charge in [-0.05, 0) is 24.8 Å². The molecule has 2 N–H and O–H groups in total. The van der Waals surface area contributed by atoms with Gasteiger partial charge in [0.05, 0.1) is 0 Å². The molecular weight excluding hydrogens is 98.1 g/mol. The quantitative estimate of drug-likeness (QED) is 0.594. The Hall–Kier alpha value is -0.0400. The van der Waals surface area contributed by atoms with Crippen LogP contribution in [0.4, 0.5) is 0 Å². The van der Waals surface area contributed by atoms with E-state index in [1.807, 2.05) is 0 Å². The van der Waals surface area contributed by atoms with E-state index < -0.39 is 0 Å². The third kappa shape index (κ3) is 4.13. The Balaban J connectivity index is 3.10. The highest BCUT2D eigenvalue weighted by molar-refractivity contribution is 4.54. The van der Waals surface area contributed by atoms with Crippen molar-refractivity contribution in [1.82, 2.24) is 0 Å². The van der Waals surface area contributed by atoms with Gasteiger partial charge in [0.15, 0.2) is 0 Å². The van der Waals surface area contributed by atoms with Gasteiger partial charge in [-0.2, -0.15) is 0 Å². The van der Waals surface area contributed by atoms with Crippen LogP contribution in [0.5, 0.6) is 0 Å². The Kier molecular flexibility index (Phi) is 3.88. The maximum absolute atomic E-state index is 5.42. The van der Waals surface area contributed by atoms with Crippen LogP contribution in [0.1, 0.15) is 27.2 Å². The molecule has 0 fully saturated rings. The maximum Gasteiger partial charge on any atom is -0.00514 e. The van der Waals surface area contributed by atoms with Crippen molar-refractivity contribution >= 4 is 0 Å². The summed E-state index contributed by atoms with van der Waals surface area (Å²) in [5, 5.41) is 0. The minimum Gasteiger partial charge on any atom is -0.330 e. The zero-order valence-electron chi connectivity index (χ0n) is 6.15. The molecule has 0 aliphatic heterocycles. The largest absolute Gasteiger partial charge is 0.330 e. The van der Waals surface area contributed by atoms with Crippen LogP contribution in [0.15, 0.2) is 0 Å². The minimum atomic E-state index is 0.704. The average molecular weight is 115 g/mol. The second-order valence-electron chi connectivity index (χ2n) is 2.97. The smallest absolute Gasteiger partial charge is 0.00514 e. The van der Waals surface area contributed by atoms with E-state index in [9.17, 15) is 0 Å². The molecule has 8 heavy (non-hydrogen) atoms. The van der Waals surface area contributed by atoms with E-state index in [1.165, 1.54) is 6.42 Å².